The number of amides is 6. The van der Waals surface area contributed by atoms with Crippen molar-refractivity contribution in [2.75, 3.05) is 19.6 Å². The lowest BCUT2D eigenvalue weighted by Gasteiger charge is -2.28. The highest BCUT2D eigenvalue weighted by molar-refractivity contribution is 5.97. The van der Waals surface area contributed by atoms with E-state index in [1.807, 2.05) is 44.2 Å². The summed E-state index contributed by atoms with van der Waals surface area (Å²) in [6, 6.07) is 5.40. The van der Waals surface area contributed by atoms with Crippen molar-refractivity contribution >= 4 is 35.4 Å². The third kappa shape index (κ3) is 8.52. The lowest BCUT2D eigenvalue weighted by atomic mass is 10.0. The molecule has 3 rings (SSSR count). The van der Waals surface area contributed by atoms with E-state index in [0.29, 0.717) is 25.8 Å². The maximum atomic E-state index is 13.2. The van der Waals surface area contributed by atoms with Crippen LogP contribution in [0.25, 0.3) is 0 Å². The zero-order chi connectivity index (χ0) is 28.5. The van der Waals surface area contributed by atoms with Gasteiger partial charge >= 0.3 is 0 Å². The maximum Gasteiger partial charge on any atom is 0.245 e. The number of hydrogen-bond acceptors (Lipinski definition) is 6. The number of nitrogens with zero attached hydrogens (tertiary/aromatic N) is 1. The van der Waals surface area contributed by atoms with Crippen LogP contribution in [-0.4, -0.2) is 84.1 Å². The first-order valence-electron chi connectivity index (χ1n) is 13.3. The second-order valence-electron chi connectivity index (χ2n) is 10.4. The molecule has 39 heavy (non-hydrogen) atoms. The van der Waals surface area contributed by atoms with E-state index in [-0.39, 0.29) is 18.9 Å². The Labute approximate surface area is 228 Å². The van der Waals surface area contributed by atoms with Crippen LogP contribution in [-0.2, 0) is 35.2 Å². The molecule has 0 unspecified atom stereocenters. The van der Waals surface area contributed by atoms with Gasteiger partial charge in [-0.05, 0) is 37.7 Å². The molecule has 0 radical (unpaired) electrons. The molecule has 12 heteroatoms. The number of benzene rings is 1. The van der Waals surface area contributed by atoms with Gasteiger partial charge in [-0.1, -0.05) is 44.2 Å². The molecule has 2 aliphatic rings. The SMILES string of the molecule is CC(C)C[C@@H]1NC(=O)CNC(=O)[C@@H]2CCCN2C(=O)[C@H](C)NC(=O)[C@H](Cc2ccccc2)NC(=O)CNC1=O. The van der Waals surface area contributed by atoms with Gasteiger partial charge in [-0.15, -0.1) is 0 Å². The second kappa shape index (κ2) is 13.7. The van der Waals surface area contributed by atoms with Crippen molar-refractivity contribution in [3.8, 4) is 0 Å². The van der Waals surface area contributed by atoms with Crippen molar-refractivity contribution in [3.05, 3.63) is 35.9 Å². The van der Waals surface area contributed by atoms with Gasteiger partial charge in [0.25, 0.3) is 0 Å². The van der Waals surface area contributed by atoms with Crippen molar-refractivity contribution in [1.82, 2.24) is 31.5 Å². The zero-order valence-electron chi connectivity index (χ0n) is 22.6. The fourth-order valence-electron chi connectivity index (χ4n) is 4.76. The minimum Gasteiger partial charge on any atom is -0.345 e. The van der Waals surface area contributed by atoms with Crippen LogP contribution in [0, 0.1) is 5.92 Å². The van der Waals surface area contributed by atoms with Gasteiger partial charge in [0.2, 0.25) is 35.4 Å². The first-order chi connectivity index (χ1) is 18.5. The van der Waals surface area contributed by atoms with Crippen molar-refractivity contribution in [1.29, 1.82) is 0 Å². The van der Waals surface area contributed by atoms with Crippen LogP contribution in [0.1, 0.15) is 45.6 Å². The summed E-state index contributed by atoms with van der Waals surface area (Å²) in [5.74, 6) is -3.12. The van der Waals surface area contributed by atoms with Gasteiger partial charge in [-0.2, -0.15) is 0 Å². The summed E-state index contributed by atoms with van der Waals surface area (Å²) in [6.07, 6.45) is 1.49. The largest absolute Gasteiger partial charge is 0.345 e. The smallest absolute Gasteiger partial charge is 0.245 e. The number of carbonyl (C=O) groups is 6. The fourth-order valence-corrected chi connectivity index (χ4v) is 4.76. The van der Waals surface area contributed by atoms with Crippen LogP contribution in [0.3, 0.4) is 0 Å². The monoisotopic (exact) mass is 542 g/mol. The van der Waals surface area contributed by atoms with E-state index >= 15 is 0 Å². The Kier molecular flexibility index (Phi) is 10.4. The molecule has 0 bridgehead atoms. The molecule has 0 saturated carbocycles. The quantitative estimate of drug-likeness (QED) is 0.327. The van der Waals surface area contributed by atoms with Crippen LogP contribution in [0.2, 0.25) is 0 Å². The normalized spacial score (nSPS) is 26.0. The van der Waals surface area contributed by atoms with Gasteiger partial charge in [-0.3, -0.25) is 28.8 Å². The van der Waals surface area contributed by atoms with E-state index in [1.54, 1.807) is 0 Å². The molecule has 5 N–H and O–H groups in total. The summed E-state index contributed by atoms with van der Waals surface area (Å²) in [5, 5.41) is 13.0. The zero-order valence-corrected chi connectivity index (χ0v) is 22.6. The molecule has 6 amide bonds. The average molecular weight is 543 g/mol. The minimum atomic E-state index is -1.02. The van der Waals surface area contributed by atoms with Crippen LogP contribution < -0.4 is 26.6 Å². The van der Waals surface area contributed by atoms with Crippen LogP contribution in [0.15, 0.2) is 30.3 Å². The molecule has 12 nitrogen and oxygen atoms in total. The van der Waals surface area contributed by atoms with Gasteiger partial charge in [0.05, 0.1) is 13.1 Å². The highest BCUT2D eigenvalue weighted by Crippen LogP contribution is 2.19. The highest BCUT2D eigenvalue weighted by atomic mass is 16.2. The Morgan fingerprint density at radius 3 is 2.08 bits per heavy atom. The first-order valence-corrected chi connectivity index (χ1v) is 13.3. The Morgan fingerprint density at radius 1 is 0.821 bits per heavy atom. The van der Waals surface area contributed by atoms with Gasteiger partial charge in [-0.25, -0.2) is 0 Å². The molecule has 0 aliphatic carbocycles. The van der Waals surface area contributed by atoms with Crippen LogP contribution in [0.5, 0.6) is 0 Å². The number of carbonyl (C=O) groups excluding carboxylic acids is 6. The predicted octanol–water partition coefficient (Wildman–Crippen LogP) is -1.01. The van der Waals surface area contributed by atoms with E-state index < -0.39 is 66.2 Å². The van der Waals surface area contributed by atoms with Crippen molar-refractivity contribution < 1.29 is 28.8 Å². The summed E-state index contributed by atoms with van der Waals surface area (Å²) in [4.78, 5) is 78.9. The molecule has 1 aromatic rings. The predicted molar refractivity (Wildman–Crippen MR) is 142 cm³/mol. The second-order valence-corrected chi connectivity index (χ2v) is 10.4. The summed E-state index contributed by atoms with van der Waals surface area (Å²) < 4.78 is 0. The van der Waals surface area contributed by atoms with Crippen molar-refractivity contribution in [3.63, 3.8) is 0 Å². The van der Waals surface area contributed by atoms with Gasteiger partial charge in [0.15, 0.2) is 0 Å². The molecule has 1 aromatic carbocycles. The Balaban J connectivity index is 1.85. The maximum absolute atomic E-state index is 13.2. The Hall–Kier alpha value is -3.96. The average Bonchev–Trinajstić information content (AvgIpc) is 3.39. The lowest BCUT2D eigenvalue weighted by Crippen LogP contribution is -2.58. The standard InChI is InChI=1S/C27H38N6O6/c1-16(2)12-19-24(36)28-14-22(34)32-20(13-18-8-5-4-6-9-18)25(37)30-17(3)27(39)33-11-7-10-21(33)26(38)29-15-23(35)31-19/h4-6,8-9,16-17,19-21H,7,10-15H2,1-3H3,(H,28,36)(H,29,38)(H,30,37)(H,31,35)(H,32,34)/t17-,19-,20-,21-/m0/s1. The number of rotatable bonds is 4. The van der Waals surface area contributed by atoms with Crippen LogP contribution >= 0.6 is 0 Å². The molecule has 2 aliphatic heterocycles. The molecule has 0 spiro atoms. The highest BCUT2D eigenvalue weighted by Gasteiger charge is 2.37. The third-order valence-electron chi connectivity index (χ3n) is 6.71. The minimum absolute atomic E-state index is 0.0568. The topological polar surface area (TPSA) is 166 Å². The van der Waals surface area contributed by atoms with Gasteiger partial charge in [0, 0.05) is 13.0 Å². The number of nitrogens with one attached hydrogen (secondary N) is 5. The van der Waals surface area contributed by atoms with Gasteiger partial charge in [0.1, 0.15) is 24.2 Å². The first kappa shape index (κ1) is 29.6. The molecular formula is C27H38N6O6. The van der Waals surface area contributed by atoms with Crippen LogP contribution in [0.4, 0.5) is 0 Å². The van der Waals surface area contributed by atoms with E-state index in [2.05, 4.69) is 26.6 Å². The van der Waals surface area contributed by atoms with Crippen molar-refractivity contribution in [2.45, 2.75) is 70.6 Å². The molecule has 2 saturated heterocycles. The van der Waals surface area contributed by atoms with Gasteiger partial charge < -0.3 is 31.5 Å². The molecule has 4 atom stereocenters. The molecule has 0 aromatic heterocycles. The lowest BCUT2D eigenvalue weighted by molar-refractivity contribution is -0.141. The van der Waals surface area contributed by atoms with E-state index in [4.69, 9.17) is 0 Å². The number of hydrogen-bond donors (Lipinski definition) is 5. The molecule has 2 fully saturated rings. The summed E-state index contributed by atoms with van der Waals surface area (Å²) in [7, 11) is 0. The number of fused-ring (bicyclic) bond motifs is 1. The molecule has 2 heterocycles. The molecular weight excluding hydrogens is 504 g/mol. The van der Waals surface area contributed by atoms with E-state index in [1.165, 1.54) is 11.8 Å². The summed E-state index contributed by atoms with van der Waals surface area (Å²) in [6.45, 7) is 4.85. The molecule has 212 valence electrons. The summed E-state index contributed by atoms with van der Waals surface area (Å²) >= 11 is 0. The van der Waals surface area contributed by atoms with E-state index in [0.717, 1.165) is 5.56 Å². The van der Waals surface area contributed by atoms with Crippen molar-refractivity contribution in [2.24, 2.45) is 5.92 Å². The van der Waals surface area contributed by atoms with E-state index in [9.17, 15) is 28.8 Å². The summed E-state index contributed by atoms with van der Waals surface area (Å²) in [5.41, 5.74) is 0.791. The Bertz CT molecular complexity index is 1080. The Morgan fingerprint density at radius 2 is 1.44 bits per heavy atom. The third-order valence-corrected chi connectivity index (χ3v) is 6.71. The fraction of sp³-hybridized carbons (Fsp3) is 0.556.